The molecule has 0 amide bonds. The third kappa shape index (κ3) is 3.90. The lowest BCUT2D eigenvalue weighted by molar-refractivity contribution is 0.0968. The number of ketones is 1. The molecule has 29 heavy (non-hydrogen) atoms. The molecule has 0 radical (unpaired) electrons. The predicted molar refractivity (Wildman–Crippen MR) is 112 cm³/mol. The van der Waals surface area contributed by atoms with Crippen LogP contribution in [0.3, 0.4) is 0 Å². The number of benzene rings is 2. The SMILES string of the molecule is N#Cc1cc2c([nH]c1=O)C(C(CC(=O)c1ccccc1)c1ccccc1)CCC2. The molecule has 0 spiro atoms. The van der Waals surface area contributed by atoms with Gasteiger partial charge in [0.2, 0.25) is 0 Å². The molecule has 0 saturated heterocycles. The van der Waals surface area contributed by atoms with Gasteiger partial charge in [0.15, 0.2) is 5.78 Å². The van der Waals surface area contributed by atoms with Crippen molar-refractivity contribution in [2.75, 3.05) is 0 Å². The maximum atomic E-state index is 13.0. The summed E-state index contributed by atoms with van der Waals surface area (Å²) in [5.41, 5.74) is 3.51. The molecule has 4 nitrogen and oxygen atoms in total. The number of Topliss-reactive ketones (excluding diaryl/α,β-unsaturated/α-hetero) is 1. The second kappa shape index (κ2) is 8.28. The summed E-state index contributed by atoms with van der Waals surface area (Å²) in [6.45, 7) is 0. The molecule has 0 saturated carbocycles. The van der Waals surface area contributed by atoms with Gasteiger partial charge in [-0.15, -0.1) is 0 Å². The number of hydrogen-bond acceptors (Lipinski definition) is 3. The van der Waals surface area contributed by atoms with Crippen molar-refractivity contribution in [1.29, 1.82) is 5.26 Å². The normalized spacial score (nSPS) is 16.4. The van der Waals surface area contributed by atoms with Gasteiger partial charge in [-0.1, -0.05) is 60.7 Å². The van der Waals surface area contributed by atoms with Gasteiger partial charge in [-0.05, 0) is 42.4 Å². The number of aryl methyl sites for hydroxylation is 1. The third-order valence-electron chi connectivity index (χ3n) is 5.82. The standard InChI is InChI=1S/C25H22N2O2/c26-16-20-14-19-12-7-13-21(24(19)27-25(20)29)22(17-8-3-1-4-9-17)15-23(28)18-10-5-2-6-11-18/h1-6,8-11,14,21-22H,7,12-13,15H2,(H,27,29). The van der Waals surface area contributed by atoms with Crippen molar-refractivity contribution in [2.45, 2.75) is 37.5 Å². The summed E-state index contributed by atoms with van der Waals surface area (Å²) in [4.78, 5) is 28.3. The number of nitriles is 1. The van der Waals surface area contributed by atoms with E-state index in [0.29, 0.717) is 12.0 Å². The van der Waals surface area contributed by atoms with Gasteiger partial charge in [-0.2, -0.15) is 5.26 Å². The van der Waals surface area contributed by atoms with E-state index in [1.165, 1.54) is 0 Å². The zero-order valence-corrected chi connectivity index (χ0v) is 16.1. The van der Waals surface area contributed by atoms with Gasteiger partial charge in [0.05, 0.1) is 0 Å². The molecular formula is C25H22N2O2. The van der Waals surface area contributed by atoms with Crippen molar-refractivity contribution >= 4 is 5.78 Å². The highest BCUT2D eigenvalue weighted by atomic mass is 16.1. The van der Waals surface area contributed by atoms with Crippen LogP contribution in [0.2, 0.25) is 0 Å². The fourth-order valence-corrected chi connectivity index (χ4v) is 4.40. The van der Waals surface area contributed by atoms with Crippen LogP contribution < -0.4 is 5.56 Å². The molecule has 1 heterocycles. The first-order valence-corrected chi connectivity index (χ1v) is 9.96. The number of fused-ring (bicyclic) bond motifs is 1. The number of carbonyl (C=O) groups is 1. The van der Waals surface area contributed by atoms with Gasteiger partial charge < -0.3 is 4.98 Å². The maximum Gasteiger partial charge on any atom is 0.266 e. The number of carbonyl (C=O) groups excluding carboxylic acids is 1. The fourth-order valence-electron chi connectivity index (χ4n) is 4.40. The average Bonchev–Trinajstić information content (AvgIpc) is 2.78. The van der Waals surface area contributed by atoms with E-state index >= 15 is 0 Å². The first-order valence-electron chi connectivity index (χ1n) is 9.96. The highest BCUT2D eigenvalue weighted by molar-refractivity contribution is 5.96. The monoisotopic (exact) mass is 382 g/mol. The Morgan fingerprint density at radius 1 is 1.10 bits per heavy atom. The summed E-state index contributed by atoms with van der Waals surface area (Å²) in [6.07, 6.45) is 3.08. The molecule has 144 valence electrons. The maximum absolute atomic E-state index is 13.0. The summed E-state index contributed by atoms with van der Waals surface area (Å²) >= 11 is 0. The van der Waals surface area contributed by atoms with Crippen molar-refractivity contribution in [1.82, 2.24) is 4.98 Å². The van der Waals surface area contributed by atoms with Crippen molar-refractivity contribution in [3.63, 3.8) is 0 Å². The molecule has 1 aromatic heterocycles. The van der Waals surface area contributed by atoms with Crippen LogP contribution >= 0.6 is 0 Å². The Kier molecular flexibility index (Phi) is 5.39. The summed E-state index contributed by atoms with van der Waals surface area (Å²) in [5.74, 6) is 0.100. The molecule has 1 aliphatic carbocycles. The van der Waals surface area contributed by atoms with Crippen LogP contribution in [0, 0.1) is 11.3 Å². The molecule has 1 N–H and O–H groups in total. The van der Waals surface area contributed by atoms with Gasteiger partial charge in [0.25, 0.3) is 5.56 Å². The van der Waals surface area contributed by atoms with E-state index in [1.807, 2.05) is 54.6 Å². The lowest BCUT2D eigenvalue weighted by Gasteiger charge is -2.32. The molecular weight excluding hydrogens is 360 g/mol. The van der Waals surface area contributed by atoms with Crippen LogP contribution in [-0.2, 0) is 6.42 Å². The number of H-pyrrole nitrogens is 1. The number of rotatable bonds is 5. The van der Waals surface area contributed by atoms with E-state index in [9.17, 15) is 14.9 Å². The second-order valence-electron chi connectivity index (χ2n) is 7.57. The first-order chi connectivity index (χ1) is 14.2. The van der Waals surface area contributed by atoms with E-state index in [-0.39, 0.29) is 28.7 Å². The average molecular weight is 382 g/mol. The van der Waals surface area contributed by atoms with Crippen LogP contribution in [0.1, 0.15) is 63.8 Å². The van der Waals surface area contributed by atoms with Gasteiger partial charge in [0, 0.05) is 23.6 Å². The molecule has 0 fully saturated rings. The molecule has 0 aliphatic heterocycles. The Hall–Kier alpha value is -3.45. The smallest absolute Gasteiger partial charge is 0.266 e. The Balaban J connectivity index is 1.75. The number of aromatic amines is 1. The molecule has 2 aromatic carbocycles. The second-order valence-corrected chi connectivity index (χ2v) is 7.57. The molecule has 0 bridgehead atoms. The Morgan fingerprint density at radius 2 is 1.79 bits per heavy atom. The third-order valence-corrected chi connectivity index (χ3v) is 5.82. The van der Waals surface area contributed by atoms with Gasteiger partial charge in [-0.3, -0.25) is 9.59 Å². The van der Waals surface area contributed by atoms with E-state index in [4.69, 9.17) is 0 Å². The van der Waals surface area contributed by atoms with Crippen molar-refractivity contribution in [3.05, 3.63) is 105 Å². The number of hydrogen-bond donors (Lipinski definition) is 1. The van der Waals surface area contributed by atoms with Crippen molar-refractivity contribution < 1.29 is 4.79 Å². The summed E-state index contributed by atoms with van der Waals surface area (Å²) in [7, 11) is 0. The molecule has 2 atom stereocenters. The number of aromatic nitrogens is 1. The lowest BCUT2D eigenvalue weighted by atomic mass is 9.73. The topological polar surface area (TPSA) is 73.7 Å². The molecule has 1 aliphatic rings. The zero-order chi connectivity index (χ0) is 20.2. The predicted octanol–water partition coefficient (Wildman–Crippen LogP) is 4.72. The Morgan fingerprint density at radius 3 is 2.48 bits per heavy atom. The largest absolute Gasteiger partial charge is 0.325 e. The lowest BCUT2D eigenvalue weighted by Crippen LogP contribution is -2.25. The minimum atomic E-state index is -0.348. The van der Waals surface area contributed by atoms with E-state index in [2.05, 4.69) is 17.1 Å². The minimum absolute atomic E-state index is 0.0356. The van der Waals surface area contributed by atoms with Gasteiger partial charge in [0.1, 0.15) is 11.6 Å². The molecule has 2 unspecified atom stereocenters. The van der Waals surface area contributed by atoms with Crippen molar-refractivity contribution in [3.8, 4) is 6.07 Å². The quantitative estimate of drug-likeness (QED) is 0.649. The van der Waals surface area contributed by atoms with Crippen LogP contribution in [0.15, 0.2) is 71.5 Å². The van der Waals surface area contributed by atoms with E-state index < -0.39 is 0 Å². The van der Waals surface area contributed by atoms with Crippen LogP contribution in [0.25, 0.3) is 0 Å². The minimum Gasteiger partial charge on any atom is -0.325 e. The van der Waals surface area contributed by atoms with E-state index in [0.717, 1.165) is 36.1 Å². The number of nitrogens with one attached hydrogen (secondary N) is 1. The van der Waals surface area contributed by atoms with E-state index in [1.54, 1.807) is 6.07 Å². The number of pyridine rings is 1. The Bertz CT molecular complexity index is 1110. The first kappa shape index (κ1) is 18.9. The Labute approximate surface area is 169 Å². The highest BCUT2D eigenvalue weighted by Crippen LogP contribution is 2.42. The summed E-state index contributed by atoms with van der Waals surface area (Å²) < 4.78 is 0. The van der Waals surface area contributed by atoms with Crippen molar-refractivity contribution in [2.24, 2.45) is 0 Å². The fraction of sp³-hybridized carbons (Fsp3) is 0.240. The van der Waals surface area contributed by atoms with Crippen LogP contribution in [0.5, 0.6) is 0 Å². The number of nitrogens with zero attached hydrogens (tertiary/aromatic N) is 1. The molecule has 4 heteroatoms. The molecule has 3 aromatic rings. The van der Waals surface area contributed by atoms with Crippen LogP contribution in [0.4, 0.5) is 0 Å². The zero-order valence-electron chi connectivity index (χ0n) is 16.1. The van der Waals surface area contributed by atoms with Crippen LogP contribution in [-0.4, -0.2) is 10.8 Å². The highest BCUT2D eigenvalue weighted by Gasteiger charge is 2.32. The van der Waals surface area contributed by atoms with Gasteiger partial charge >= 0.3 is 0 Å². The summed E-state index contributed by atoms with van der Waals surface area (Å²) in [5, 5.41) is 9.20. The molecule has 4 rings (SSSR count). The van der Waals surface area contributed by atoms with Gasteiger partial charge in [-0.25, -0.2) is 0 Å². The summed E-state index contributed by atoms with van der Waals surface area (Å²) in [6, 6.07) is 23.1.